The molecule has 1 saturated heterocycles. The minimum atomic E-state index is -4.76. The summed E-state index contributed by atoms with van der Waals surface area (Å²) in [6, 6.07) is 4.16. The largest absolute Gasteiger partial charge is 0.417 e. The van der Waals surface area contributed by atoms with Gasteiger partial charge in [-0.15, -0.1) is 0 Å². The minimum absolute atomic E-state index is 0.0142. The van der Waals surface area contributed by atoms with Crippen LogP contribution in [0.5, 0.6) is 0 Å². The summed E-state index contributed by atoms with van der Waals surface area (Å²) in [5, 5.41) is 2.80. The van der Waals surface area contributed by atoms with E-state index in [4.69, 9.17) is 0 Å². The molecule has 1 aromatic rings. The van der Waals surface area contributed by atoms with Crippen LogP contribution in [0.1, 0.15) is 18.4 Å². The number of hydrogen-bond donors (Lipinski definition) is 1. The Bertz CT molecular complexity index is 758. The van der Waals surface area contributed by atoms with Crippen LogP contribution in [0.3, 0.4) is 0 Å². The van der Waals surface area contributed by atoms with Crippen molar-refractivity contribution in [3.05, 3.63) is 29.8 Å². The van der Waals surface area contributed by atoms with Gasteiger partial charge in [-0.3, -0.25) is 4.79 Å². The number of likely N-dealkylation sites (N-methyl/N-ethyl adjacent to an activating group) is 1. The molecular weight excluding hydrogens is 383 g/mol. The van der Waals surface area contributed by atoms with Gasteiger partial charge in [-0.05, 0) is 39.1 Å². The average molecular weight is 407 g/mol. The molecule has 2 rings (SSSR count). The van der Waals surface area contributed by atoms with Crippen LogP contribution in [0.2, 0.25) is 0 Å². The van der Waals surface area contributed by atoms with Gasteiger partial charge in [0, 0.05) is 32.1 Å². The molecule has 0 saturated carbocycles. The molecule has 0 radical (unpaired) electrons. The summed E-state index contributed by atoms with van der Waals surface area (Å²) in [6.45, 7) is 1.21. The zero-order valence-electron chi connectivity index (χ0n) is 15.3. The monoisotopic (exact) mass is 407 g/mol. The molecule has 1 heterocycles. The molecule has 1 aromatic carbocycles. The van der Waals surface area contributed by atoms with Gasteiger partial charge in [0.15, 0.2) is 0 Å². The third-order valence-corrected chi connectivity index (χ3v) is 6.45. The number of alkyl halides is 3. The Hall–Kier alpha value is -1.65. The first-order chi connectivity index (χ1) is 12.5. The van der Waals surface area contributed by atoms with Crippen LogP contribution >= 0.6 is 0 Å². The standard InChI is InChI=1S/C17H24F3N3O3S/c1-22(2)12-9-21-16(24)13-7-10-23(11-8-13)27(25,26)15-6-4-3-5-14(15)17(18,19)20/h3-6,13H,7-12H2,1-2H3,(H,21,24). The van der Waals surface area contributed by atoms with Crippen molar-refractivity contribution in [2.75, 3.05) is 40.3 Å². The number of nitrogens with one attached hydrogen (secondary N) is 1. The quantitative estimate of drug-likeness (QED) is 0.781. The lowest BCUT2D eigenvalue weighted by Gasteiger charge is -2.31. The number of nitrogens with zero attached hydrogens (tertiary/aromatic N) is 2. The second-order valence-electron chi connectivity index (χ2n) is 6.77. The van der Waals surface area contributed by atoms with Crippen LogP contribution in [0.25, 0.3) is 0 Å². The predicted molar refractivity (Wildman–Crippen MR) is 94.5 cm³/mol. The van der Waals surface area contributed by atoms with Gasteiger partial charge in [0.2, 0.25) is 15.9 Å². The second-order valence-corrected chi connectivity index (χ2v) is 8.67. The van der Waals surface area contributed by atoms with E-state index in [1.54, 1.807) is 0 Å². The molecule has 0 aliphatic carbocycles. The van der Waals surface area contributed by atoms with Crippen LogP contribution in [0, 0.1) is 5.92 Å². The van der Waals surface area contributed by atoms with E-state index in [-0.39, 0.29) is 37.8 Å². The van der Waals surface area contributed by atoms with Gasteiger partial charge in [0.05, 0.1) is 10.5 Å². The number of rotatable bonds is 6. The molecule has 1 N–H and O–H groups in total. The topological polar surface area (TPSA) is 69.7 Å². The summed E-state index contributed by atoms with van der Waals surface area (Å²) in [4.78, 5) is 13.3. The smallest absolute Gasteiger partial charge is 0.355 e. The first-order valence-electron chi connectivity index (χ1n) is 8.62. The van der Waals surface area contributed by atoms with Gasteiger partial charge in [0.1, 0.15) is 0 Å². The lowest BCUT2D eigenvalue weighted by Crippen LogP contribution is -2.44. The summed E-state index contributed by atoms with van der Waals surface area (Å²) < 4.78 is 65.9. The highest BCUT2D eigenvalue weighted by Gasteiger charge is 2.40. The van der Waals surface area contributed by atoms with Gasteiger partial charge in [-0.2, -0.15) is 17.5 Å². The van der Waals surface area contributed by atoms with E-state index in [0.717, 1.165) is 22.5 Å². The maximum absolute atomic E-state index is 13.1. The van der Waals surface area contributed by atoms with Crippen molar-refractivity contribution in [1.82, 2.24) is 14.5 Å². The normalized spacial score (nSPS) is 17.3. The third-order valence-electron chi connectivity index (χ3n) is 4.49. The summed E-state index contributed by atoms with van der Waals surface area (Å²) in [5.41, 5.74) is -1.17. The van der Waals surface area contributed by atoms with E-state index in [9.17, 15) is 26.4 Å². The predicted octanol–water partition coefficient (Wildman–Crippen LogP) is 1.78. The minimum Gasteiger partial charge on any atom is -0.355 e. The van der Waals surface area contributed by atoms with Gasteiger partial charge in [-0.1, -0.05) is 12.1 Å². The van der Waals surface area contributed by atoms with Crippen molar-refractivity contribution < 1.29 is 26.4 Å². The molecular formula is C17H24F3N3O3S. The van der Waals surface area contributed by atoms with Crippen molar-refractivity contribution in [1.29, 1.82) is 0 Å². The summed E-state index contributed by atoms with van der Waals surface area (Å²) in [7, 11) is -0.512. The molecule has 27 heavy (non-hydrogen) atoms. The van der Waals surface area contributed by atoms with Crippen molar-refractivity contribution in [3.63, 3.8) is 0 Å². The molecule has 0 unspecified atom stereocenters. The first-order valence-corrected chi connectivity index (χ1v) is 10.1. The lowest BCUT2D eigenvalue weighted by atomic mass is 9.97. The van der Waals surface area contributed by atoms with Crippen molar-refractivity contribution in [2.24, 2.45) is 5.92 Å². The SMILES string of the molecule is CN(C)CCNC(=O)C1CCN(S(=O)(=O)c2ccccc2C(F)(F)F)CC1. The third kappa shape index (κ3) is 5.43. The van der Waals surface area contributed by atoms with Crippen LogP contribution < -0.4 is 5.32 Å². The van der Waals surface area contributed by atoms with E-state index in [0.29, 0.717) is 13.1 Å². The van der Waals surface area contributed by atoms with E-state index in [1.807, 2.05) is 19.0 Å². The number of benzene rings is 1. The van der Waals surface area contributed by atoms with Gasteiger partial charge in [0.25, 0.3) is 0 Å². The maximum atomic E-state index is 13.1. The Morgan fingerprint density at radius 3 is 2.37 bits per heavy atom. The highest BCUT2D eigenvalue weighted by molar-refractivity contribution is 7.89. The van der Waals surface area contributed by atoms with E-state index in [1.165, 1.54) is 6.07 Å². The highest BCUT2D eigenvalue weighted by Crippen LogP contribution is 2.36. The Kier molecular flexibility index (Phi) is 6.87. The summed E-state index contributed by atoms with van der Waals surface area (Å²) in [5.74, 6) is -0.485. The van der Waals surface area contributed by atoms with Crippen molar-refractivity contribution in [3.8, 4) is 0 Å². The molecule has 0 bridgehead atoms. The van der Waals surface area contributed by atoms with Crippen LogP contribution in [0.15, 0.2) is 29.2 Å². The number of amides is 1. The molecule has 0 atom stereocenters. The number of piperidine rings is 1. The zero-order valence-corrected chi connectivity index (χ0v) is 16.1. The summed E-state index contributed by atoms with van der Waals surface area (Å²) in [6.07, 6.45) is -4.20. The fourth-order valence-corrected chi connectivity index (χ4v) is 4.65. The zero-order chi connectivity index (χ0) is 20.2. The Balaban J connectivity index is 2.04. The highest BCUT2D eigenvalue weighted by atomic mass is 32.2. The number of hydrogen-bond acceptors (Lipinski definition) is 4. The molecule has 1 fully saturated rings. The molecule has 0 spiro atoms. The fraction of sp³-hybridized carbons (Fsp3) is 0.588. The molecule has 1 aliphatic heterocycles. The number of carbonyl (C=O) groups excluding carboxylic acids is 1. The molecule has 6 nitrogen and oxygen atoms in total. The summed E-state index contributed by atoms with van der Waals surface area (Å²) >= 11 is 0. The number of carbonyl (C=O) groups is 1. The second kappa shape index (κ2) is 8.57. The van der Waals surface area contributed by atoms with E-state index >= 15 is 0 Å². The Morgan fingerprint density at radius 2 is 1.81 bits per heavy atom. The first kappa shape index (κ1) is 21.6. The van der Waals surface area contributed by atoms with Gasteiger partial charge >= 0.3 is 6.18 Å². The Labute approximate surface area is 157 Å². The molecule has 10 heteroatoms. The Morgan fingerprint density at radius 1 is 1.22 bits per heavy atom. The maximum Gasteiger partial charge on any atom is 0.417 e. The average Bonchev–Trinajstić information content (AvgIpc) is 2.60. The number of sulfonamides is 1. The molecule has 1 aliphatic rings. The van der Waals surface area contributed by atoms with Crippen LogP contribution in [0.4, 0.5) is 13.2 Å². The van der Waals surface area contributed by atoms with Crippen molar-refractivity contribution in [2.45, 2.75) is 23.9 Å². The molecule has 0 aromatic heterocycles. The van der Waals surface area contributed by atoms with E-state index in [2.05, 4.69) is 5.32 Å². The molecule has 1 amide bonds. The lowest BCUT2D eigenvalue weighted by molar-refractivity contribution is -0.139. The fourth-order valence-electron chi connectivity index (χ4n) is 2.97. The molecule has 152 valence electrons. The van der Waals surface area contributed by atoms with Gasteiger partial charge < -0.3 is 10.2 Å². The van der Waals surface area contributed by atoms with Crippen LogP contribution in [-0.2, 0) is 21.0 Å². The number of halogens is 3. The van der Waals surface area contributed by atoms with Crippen molar-refractivity contribution >= 4 is 15.9 Å². The van der Waals surface area contributed by atoms with Crippen LogP contribution in [-0.4, -0.2) is 63.8 Å². The van der Waals surface area contributed by atoms with Gasteiger partial charge in [-0.25, -0.2) is 8.42 Å². The van der Waals surface area contributed by atoms with E-state index < -0.39 is 26.7 Å².